The van der Waals surface area contributed by atoms with Crippen LogP contribution >= 0.6 is 0 Å². The Balaban J connectivity index is 1.88. The quantitative estimate of drug-likeness (QED) is 0.428. The van der Waals surface area contributed by atoms with Crippen LogP contribution in [0.3, 0.4) is 0 Å². The number of nitrogen functional groups attached to an aromatic ring is 1. The largest absolute Gasteiger partial charge is 0.473 e. The van der Waals surface area contributed by atoms with Gasteiger partial charge in [-0.1, -0.05) is 32.9 Å². The first kappa shape index (κ1) is 25.7. The van der Waals surface area contributed by atoms with E-state index >= 15 is 0 Å². The van der Waals surface area contributed by atoms with E-state index in [4.69, 9.17) is 19.6 Å². The molecule has 0 amide bonds. The number of hydrogen-bond acceptors (Lipinski definition) is 8. The van der Waals surface area contributed by atoms with Crippen LogP contribution in [-0.2, 0) is 9.16 Å². The van der Waals surface area contributed by atoms with Crippen LogP contribution in [0.15, 0.2) is 24.3 Å². The second-order valence-electron chi connectivity index (χ2n) is 10.5. The molecule has 0 spiro atoms. The molecule has 1 aliphatic rings. The highest BCUT2D eigenvalue weighted by atomic mass is 28.4. The molecule has 34 heavy (non-hydrogen) atoms. The second-order valence-corrected chi connectivity index (χ2v) is 15.2. The minimum absolute atomic E-state index is 0.0148. The number of hydrogen-bond donors (Lipinski definition) is 1. The molecule has 0 saturated heterocycles. The predicted molar refractivity (Wildman–Crippen MR) is 133 cm³/mol. The third-order valence-electron chi connectivity index (χ3n) is 6.54. The van der Waals surface area contributed by atoms with E-state index in [-0.39, 0.29) is 46.4 Å². The first-order chi connectivity index (χ1) is 15.8. The van der Waals surface area contributed by atoms with E-state index in [0.717, 1.165) is 0 Å². The lowest BCUT2D eigenvalue weighted by atomic mass is 9.79. The average Bonchev–Trinajstić information content (AvgIpc) is 2.71. The standard InChI is InChI=1S/C25H34N4O4Si/c1-8-31-23(30)19-20(27)28-21(17-11-9-10-16(12-17)15-26)29-22(19)32-18-13-25(5,14-18)33-34(6,7)24(2,3)4/h9-12,18H,8,13-14H2,1-7H3,(H2,27,28,29). The van der Waals surface area contributed by atoms with Crippen LogP contribution in [0.4, 0.5) is 5.82 Å². The van der Waals surface area contributed by atoms with Crippen molar-refractivity contribution in [1.29, 1.82) is 5.26 Å². The Bertz CT molecular complexity index is 1110. The Morgan fingerprint density at radius 2 is 1.97 bits per heavy atom. The van der Waals surface area contributed by atoms with Gasteiger partial charge in [0.25, 0.3) is 0 Å². The molecular formula is C25H34N4O4Si. The van der Waals surface area contributed by atoms with Gasteiger partial charge in [-0.25, -0.2) is 9.78 Å². The Kier molecular flexibility index (Phi) is 7.06. The summed E-state index contributed by atoms with van der Waals surface area (Å²) in [6, 6.07) is 8.96. The molecule has 1 aromatic heterocycles. The van der Waals surface area contributed by atoms with Gasteiger partial charge in [0, 0.05) is 18.4 Å². The second kappa shape index (κ2) is 9.35. The number of carbonyl (C=O) groups is 1. The van der Waals surface area contributed by atoms with Crippen LogP contribution in [0.2, 0.25) is 18.1 Å². The molecule has 1 saturated carbocycles. The minimum atomic E-state index is -1.94. The summed E-state index contributed by atoms with van der Waals surface area (Å²) in [7, 11) is -1.94. The number of aromatic nitrogens is 2. The van der Waals surface area contributed by atoms with E-state index in [2.05, 4.69) is 56.8 Å². The van der Waals surface area contributed by atoms with Gasteiger partial charge in [0.1, 0.15) is 11.9 Å². The number of benzene rings is 1. The molecule has 2 aromatic rings. The molecule has 1 aromatic carbocycles. The molecule has 1 aliphatic carbocycles. The average molecular weight is 483 g/mol. The van der Waals surface area contributed by atoms with Gasteiger partial charge in [-0.05, 0) is 44.1 Å². The summed E-state index contributed by atoms with van der Waals surface area (Å²) in [6.07, 6.45) is 1.16. The highest BCUT2D eigenvalue weighted by Crippen LogP contribution is 2.46. The predicted octanol–water partition coefficient (Wildman–Crippen LogP) is 5.10. The summed E-state index contributed by atoms with van der Waals surface area (Å²) in [5.41, 5.74) is 6.96. The summed E-state index contributed by atoms with van der Waals surface area (Å²) < 4.78 is 18.0. The lowest BCUT2D eigenvalue weighted by Gasteiger charge is -2.51. The van der Waals surface area contributed by atoms with Gasteiger partial charge in [-0.3, -0.25) is 0 Å². The third-order valence-corrected chi connectivity index (χ3v) is 11.2. The fourth-order valence-corrected chi connectivity index (χ4v) is 5.50. The Morgan fingerprint density at radius 3 is 2.56 bits per heavy atom. The maximum absolute atomic E-state index is 12.6. The molecule has 0 bridgehead atoms. The zero-order valence-electron chi connectivity index (χ0n) is 21.1. The number of nitrogens with two attached hydrogens (primary N) is 1. The first-order valence-corrected chi connectivity index (χ1v) is 14.4. The van der Waals surface area contributed by atoms with Crippen molar-refractivity contribution in [1.82, 2.24) is 9.97 Å². The highest BCUT2D eigenvalue weighted by Gasteiger charge is 2.50. The molecule has 2 N–H and O–H groups in total. The van der Waals surface area contributed by atoms with Gasteiger partial charge in [0.2, 0.25) is 5.88 Å². The van der Waals surface area contributed by atoms with E-state index in [9.17, 15) is 10.1 Å². The van der Waals surface area contributed by atoms with Crippen LogP contribution in [0, 0.1) is 11.3 Å². The summed E-state index contributed by atoms with van der Waals surface area (Å²) in [5.74, 6) is -0.299. The van der Waals surface area contributed by atoms with Gasteiger partial charge in [0.15, 0.2) is 19.7 Å². The number of anilines is 1. The molecular weight excluding hydrogens is 448 g/mol. The van der Waals surface area contributed by atoms with Crippen LogP contribution < -0.4 is 10.5 Å². The van der Waals surface area contributed by atoms with Gasteiger partial charge < -0.3 is 19.6 Å². The summed E-state index contributed by atoms with van der Waals surface area (Å²) in [4.78, 5) is 21.4. The van der Waals surface area contributed by atoms with Gasteiger partial charge >= 0.3 is 5.97 Å². The lowest BCUT2D eigenvalue weighted by molar-refractivity contribution is -0.0803. The van der Waals surface area contributed by atoms with E-state index in [1.807, 2.05) is 0 Å². The van der Waals surface area contributed by atoms with Crippen LogP contribution in [0.5, 0.6) is 5.88 Å². The third kappa shape index (κ3) is 5.40. The smallest absolute Gasteiger partial charge is 0.347 e. The number of esters is 1. The molecule has 0 atom stereocenters. The normalized spacial score (nSPS) is 20.2. The van der Waals surface area contributed by atoms with Crippen molar-refractivity contribution < 1.29 is 18.7 Å². The van der Waals surface area contributed by atoms with E-state index in [1.54, 1.807) is 31.2 Å². The monoisotopic (exact) mass is 482 g/mol. The van der Waals surface area contributed by atoms with Crippen molar-refractivity contribution in [3.05, 3.63) is 35.4 Å². The summed E-state index contributed by atoms with van der Waals surface area (Å²) >= 11 is 0. The molecule has 0 radical (unpaired) electrons. The van der Waals surface area contributed by atoms with E-state index in [1.165, 1.54) is 0 Å². The minimum Gasteiger partial charge on any atom is -0.473 e. The zero-order valence-corrected chi connectivity index (χ0v) is 22.1. The molecule has 182 valence electrons. The van der Waals surface area contributed by atoms with Crippen molar-refractivity contribution in [2.45, 2.75) is 77.3 Å². The Hall–Kier alpha value is -2.96. The number of carbonyl (C=O) groups excluding carboxylic acids is 1. The molecule has 1 heterocycles. The molecule has 1 fully saturated rings. The Morgan fingerprint density at radius 1 is 1.29 bits per heavy atom. The van der Waals surface area contributed by atoms with Crippen molar-refractivity contribution in [3.63, 3.8) is 0 Å². The maximum atomic E-state index is 12.6. The molecule has 3 rings (SSSR count). The molecule has 9 heteroatoms. The van der Waals surface area contributed by atoms with E-state index in [0.29, 0.717) is 24.0 Å². The van der Waals surface area contributed by atoms with Crippen LogP contribution in [-0.4, -0.2) is 42.6 Å². The molecule has 0 aliphatic heterocycles. The molecule has 0 unspecified atom stereocenters. The number of rotatable bonds is 7. The van der Waals surface area contributed by atoms with Crippen molar-refractivity contribution in [2.75, 3.05) is 12.3 Å². The highest BCUT2D eigenvalue weighted by molar-refractivity contribution is 6.74. The van der Waals surface area contributed by atoms with Gasteiger partial charge in [0.05, 0.1) is 23.8 Å². The number of nitrogens with zero attached hydrogens (tertiary/aromatic N) is 3. The van der Waals surface area contributed by atoms with Gasteiger partial charge in [-0.2, -0.15) is 10.2 Å². The topological polar surface area (TPSA) is 120 Å². The summed E-state index contributed by atoms with van der Waals surface area (Å²) in [6.45, 7) is 15.1. The van der Waals surface area contributed by atoms with Gasteiger partial charge in [-0.15, -0.1) is 0 Å². The first-order valence-electron chi connectivity index (χ1n) is 11.5. The molecule has 8 nitrogen and oxygen atoms in total. The van der Waals surface area contributed by atoms with Crippen molar-refractivity contribution >= 4 is 20.1 Å². The summed E-state index contributed by atoms with van der Waals surface area (Å²) in [5, 5.41) is 9.33. The van der Waals surface area contributed by atoms with Crippen LogP contribution in [0.25, 0.3) is 11.4 Å². The van der Waals surface area contributed by atoms with E-state index < -0.39 is 14.3 Å². The SMILES string of the molecule is CCOC(=O)c1c(N)nc(-c2cccc(C#N)c2)nc1OC1CC(C)(O[Si](C)(C)C(C)(C)C)C1. The van der Waals surface area contributed by atoms with Crippen molar-refractivity contribution in [2.24, 2.45) is 0 Å². The zero-order chi connectivity index (χ0) is 25.3. The maximum Gasteiger partial charge on any atom is 0.347 e. The number of ether oxygens (including phenoxy) is 2. The Labute approximate surface area is 202 Å². The number of nitriles is 1. The fourth-order valence-electron chi connectivity index (χ4n) is 3.79. The lowest BCUT2D eigenvalue weighted by Crippen LogP contribution is -2.57. The van der Waals surface area contributed by atoms with Crippen LogP contribution in [0.1, 0.15) is 63.4 Å². The fraction of sp³-hybridized carbons (Fsp3) is 0.520. The van der Waals surface area contributed by atoms with Crippen molar-refractivity contribution in [3.8, 4) is 23.3 Å².